The van der Waals surface area contributed by atoms with Gasteiger partial charge in [-0.1, -0.05) is 38.1 Å². The number of ketones is 1. The van der Waals surface area contributed by atoms with Crippen LogP contribution >= 0.6 is 0 Å². The molecule has 3 aliphatic rings. The summed E-state index contributed by atoms with van der Waals surface area (Å²) in [6, 6.07) is 6.21. The Morgan fingerprint density at radius 3 is 2.62 bits per heavy atom. The number of carbonyl (C=O) groups is 1. The highest BCUT2D eigenvalue weighted by atomic mass is 16.6. The molecule has 0 aromatic heterocycles. The van der Waals surface area contributed by atoms with Crippen LogP contribution < -0.4 is 5.32 Å². The standard InChI is InChI=1S/C16H17N3O5/c1-14(2)7-17-13-11(19(23)24)15(21)12(20)9-5-3-4-6-10(9)16(15,22)18(13)8-14/h3-6,17,21-22H,7-8H2,1-2H3/t15-,16+/m0/s1. The van der Waals surface area contributed by atoms with Gasteiger partial charge in [0, 0.05) is 24.2 Å². The van der Waals surface area contributed by atoms with Crippen molar-refractivity contribution in [2.45, 2.75) is 25.2 Å². The van der Waals surface area contributed by atoms with E-state index in [1.54, 1.807) is 12.1 Å². The second-order valence-corrected chi connectivity index (χ2v) is 7.32. The molecule has 0 saturated carbocycles. The molecule has 2 atom stereocenters. The lowest BCUT2D eigenvalue weighted by Gasteiger charge is -2.45. The Morgan fingerprint density at radius 2 is 1.96 bits per heavy atom. The van der Waals surface area contributed by atoms with Gasteiger partial charge in [-0.25, -0.2) is 0 Å². The fourth-order valence-electron chi connectivity index (χ4n) is 4.01. The summed E-state index contributed by atoms with van der Waals surface area (Å²) >= 11 is 0. The first-order valence-electron chi connectivity index (χ1n) is 7.64. The zero-order valence-electron chi connectivity index (χ0n) is 13.2. The Bertz CT molecular complexity index is 833. The third-order valence-corrected chi connectivity index (χ3v) is 5.11. The highest BCUT2D eigenvalue weighted by molar-refractivity contribution is 6.10. The van der Waals surface area contributed by atoms with E-state index < -0.39 is 27.7 Å². The number of hydrogen-bond acceptors (Lipinski definition) is 7. The Hall–Kier alpha value is -2.45. The van der Waals surface area contributed by atoms with Crippen molar-refractivity contribution in [3.05, 3.63) is 57.0 Å². The molecule has 2 heterocycles. The van der Waals surface area contributed by atoms with Gasteiger partial charge in [0.2, 0.25) is 11.5 Å². The second kappa shape index (κ2) is 4.14. The van der Waals surface area contributed by atoms with Gasteiger partial charge in [0.25, 0.3) is 5.60 Å². The number of carbonyl (C=O) groups excluding carboxylic acids is 1. The van der Waals surface area contributed by atoms with Crippen LogP contribution in [0.1, 0.15) is 29.8 Å². The van der Waals surface area contributed by atoms with E-state index in [-0.39, 0.29) is 28.9 Å². The van der Waals surface area contributed by atoms with Crippen LogP contribution in [-0.2, 0) is 5.72 Å². The van der Waals surface area contributed by atoms with Crippen molar-refractivity contribution in [3.8, 4) is 0 Å². The monoisotopic (exact) mass is 331 g/mol. The van der Waals surface area contributed by atoms with Gasteiger partial charge >= 0.3 is 5.70 Å². The lowest BCUT2D eigenvalue weighted by molar-refractivity contribution is -0.445. The third-order valence-electron chi connectivity index (χ3n) is 5.11. The predicted molar refractivity (Wildman–Crippen MR) is 82.1 cm³/mol. The average molecular weight is 331 g/mol. The molecule has 24 heavy (non-hydrogen) atoms. The van der Waals surface area contributed by atoms with Gasteiger partial charge in [0.05, 0.1) is 4.92 Å². The maximum atomic E-state index is 12.8. The number of rotatable bonds is 1. The first-order valence-corrected chi connectivity index (χ1v) is 7.64. The molecule has 1 saturated heterocycles. The zero-order chi connectivity index (χ0) is 17.5. The molecule has 1 aromatic carbocycles. The van der Waals surface area contributed by atoms with E-state index in [1.165, 1.54) is 17.0 Å². The fraction of sp³-hybridized carbons (Fsp3) is 0.438. The van der Waals surface area contributed by atoms with Crippen LogP contribution in [0, 0.1) is 15.5 Å². The number of Topliss-reactive ketones (excluding diaryl/α,β-unsaturated/α-hetero) is 1. The summed E-state index contributed by atoms with van der Waals surface area (Å²) < 4.78 is 0. The quantitative estimate of drug-likeness (QED) is 0.495. The predicted octanol–water partition coefficient (Wildman–Crippen LogP) is 0.150. The summed E-state index contributed by atoms with van der Waals surface area (Å²) in [5.74, 6) is -0.846. The lowest BCUT2D eigenvalue weighted by Crippen LogP contribution is -2.61. The Kier molecular flexibility index (Phi) is 2.61. The topological polar surface area (TPSA) is 116 Å². The van der Waals surface area contributed by atoms with Crippen molar-refractivity contribution in [1.29, 1.82) is 0 Å². The summed E-state index contributed by atoms with van der Waals surface area (Å²) in [7, 11) is 0. The molecule has 0 spiro atoms. The van der Waals surface area contributed by atoms with Gasteiger partial charge in [0.15, 0.2) is 5.82 Å². The summed E-state index contributed by atoms with van der Waals surface area (Å²) in [6.07, 6.45) is 0. The van der Waals surface area contributed by atoms with Crippen molar-refractivity contribution in [1.82, 2.24) is 10.2 Å². The number of hydrogen-bond donors (Lipinski definition) is 3. The average Bonchev–Trinajstić information content (AvgIpc) is 2.82. The minimum atomic E-state index is -2.64. The minimum absolute atomic E-state index is 0.00665. The molecule has 1 aliphatic carbocycles. The molecule has 126 valence electrons. The van der Waals surface area contributed by atoms with E-state index in [0.29, 0.717) is 6.54 Å². The van der Waals surface area contributed by atoms with E-state index in [1.807, 2.05) is 13.8 Å². The van der Waals surface area contributed by atoms with E-state index in [2.05, 4.69) is 5.32 Å². The molecule has 3 N–H and O–H groups in total. The first-order chi connectivity index (χ1) is 11.1. The van der Waals surface area contributed by atoms with E-state index in [0.717, 1.165) is 0 Å². The first kappa shape index (κ1) is 15.1. The highest BCUT2D eigenvalue weighted by Crippen LogP contribution is 2.57. The van der Waals surface area contributed by atoms with Crippen LogP contribution in [-0.4, -0.2) is 44.5 Å². The molecular weight excluding hydrogens is 314 g/mol. The van der Waals surface area contributed by atoms with Crippen molar-refractivity contribution >= 4 is 5.78 Å². The van der Waals surface area contributed by atoms with Gasteiger partial charge in [0.1, 0.15) is 0 Å². The number of aliphatic hydroxyl groups is 2. The molecule has 1 aromatic rings. The number of benzene rings is 1. The van der Waals surface area contributed by atoms with Gasteiger partial charge in [-0.2, -0.15) is 0 Å². The Morgan fingerprint density at radius 1 is 1.29 bits per heavy atom. The number of nitro groups is 1. The molecule has 0 radical (unpaired) electrons. The van der Waals surface area contributed by atoms with Crippen molar-refractivity contribution in [2.24, 2.45) is 5.41 Å². The number of fused-ring (bicyclic) bond motifs is 5. The molecule has 4 rings (SSSR count). The molecular formula is C16H17N3O5. The Balaban J connectivity index is 2.04. The summed E-state index contributed by atoms with van der Waals surface area (Å²) in [5, 5.41) is 37.1. The summed E-state index contributed by atoms with van der Waals surface area (Å²) in [4.78, 5) is 25.1. The van der Waals surface area contributed by atoms with Crippen LogP contribution in [0.5, 0.6) is 0 Å². The van der Waals surface area contributed by atoms with Crippen molar-refractivity contribution < 1.29 is 19.9 Å². The normalized spacial score (nSPS) is 33.0. The second-order valence-electron chi connectivity index (χ2n) is 7.32. The van der Waals surface area contributed by atoms with Gasteiger partial charge in [-0.05, 0) is 5.41 Å². The van der Waals surface area contributed by atoms with Crippen LogP contribution in [0.2, 0.25) is 0 Å². The minimum Gasteiger partial charge on any atom is -0.368 e. The molecule has 1 fully saturated rings. The van der Waals surface area contributed by atoms with Gasteiger partial charge in [-0.3, -0.25) is 14.9 Å². The summed E-state index contributed by atoms with van der Waals surface area (Å²) in [6.45, 7) is 4.56. The van der Waals surface area contributed by atoms with E-state index >= 15 is 0 Å². The van der Waals surface area contributed by atoms with Crippen molar-refractivity contribution in [2.75, 3.05) is 13.1 Å². The van der Waals surface area contributed by atoms with Gasteiger partial charge < -0.3 is 20.4 Å². The molecule has 8 heteroatoms. The van der Waals surface area contributed by atoms with Gasteiger partial charge in [-0.15, -0.1) is 0 Å². The number of nitrogens with zero attached hydrogens (tertiary/aromatic N) is 2. The highest BCUT2D eigenvalue weighted by Gasteiger charge is 2.78. The Labute approximate surface area is 137 Å². The number of nitrogens with one attached hydrogen (secondary N) is 1. The van der Waals surface area contributed by atoms with Crippen LogP contribution in [0.4, 0.5) is 0 Å². The fourth-order valence-corrected chi connectivity index (χ4v) is 4.01. The third kappa shape index (κ3) is 1.43. The van der Waals surface area contributed by atoms with Crippen LogP contribution in [0.3, 0.4) is 0 Å². The molecule has 0 bridgehead atoms. The SMILES string of the molecule is CC1(C)CNC2=C([N+](=O)[O-])[C@]3(O)C(=O)c4ccccc4[C@]3(O)N2C1. The smallest absolute Gasteiger partial charge is 0.330 e. The maximum absolute atomic E-state index is 12.8. The van der Waals surface area contributed by atoms with Crippen molar-refractivity contribution in [3.63, 3.8) is 0 Å². The van der Waals surface area contributed by atoms with E-state index in [9.17, 15) is 25.1 Å². The largest absolute Gasteiger partial charge is 0.368 e. The van der Waals surface area contributed by atoms with E-state index in [4.69, 9.17) is 0 Å². The van der Waals surface area contributed by atoms with Crippen LogP contribution in [0.25, 0.3) is 0 Å². The molecule has 0 unspecified atom stereocenters. The van der Waals surface area contributed by atoms with Crippen LogP contribution in [0.15, 0.2) is 35.8 Å². The molecule has 2 aliphatic heterocycles. The summed E-state index contributed by atoms with van der Waals surface area (Å²) in [5.41, 5.74) is -5.55. The zero-order valence-corrected chi connectivity index (χ0v) is 13.2. The molecule has 8 nitrogen and oxygen atoms in total. The maximum Gasteiger partial charge on any atom is 0.330 e. The molecule has 0 amide bonds. The lowest BCUT2D eigenvalue weighted by atomic mass is 9.87.